The molecule has 1 saturated heterocycles. The molecule has 0 unspecified atom stereocenters. The molecule has 0 radical (unpaired) electrons. The highest BCUT2D eigenvalue weighted by Gasteiger charge is 2.35. The van der Waals surface area contributed by atoms with Gasteiger partial charge in [-0.25, -0.2) is 4.39 Å². The van der Waals surface area contributed by atoms with E-state index in [1.54, 1.807) is 12.1 Å². The Labute approximate surface area is 198 Å². The van der Waals surface area contributed by atoms with Crippen molar-refractivity contribution in [3.63, 3.8) is 0 Å². The maximum atomic E-state index is 15.2. The minimum Gasteiger partial charge on any atom is -0.365 e. The normalized spacial score (nSPS) is 18.9. The van der Waals surface area contributed by atoms with Crippen molar-refractivity contribution >= 4 is 52.2 Å². The van der Waals surface area contributed by atoms with Gasteiger partial charge in [0.05, 0.1) is 11.2 Å². The van der Waals surface area contributed by atoms with Crippen LogP contribution in [0.2, 0.25) is 0 Å². The fourth-order valence-corrected chi connectivity index (χ4v) is 4.49. The number of benzene rings is 2. The second kappa shape index (κ2) is 7.92. The van der Waals surface area contributed by atoms with Crippen LogP contribution in [0.3, 0.4) is 0 Å². The third-order valence-electron chi connectivity index (χ3n) is 6.49. The Balaban J connectivity index is 1.79. The minimum absolute atomic E-state index is 0.000972. The third kappa shape index (κ3) is 3.86. The Hall–Kier alpha value is -3.32. The molecule has 0 saturated carbocycles. The van der Waals surface area contributed by atoms with Gasteiger partial charge in [-0.3, -0.25) is 19.8 Å². The van der Waals surface area contributed by atoms with Crippen LogP contribution in [0.25, 0.3) is 11.6 Å². The van der Waals surface area contributed by atoms with Gasteiger partial charge in [-0.1, -0.05) is 12.1 Å². The molecular formula is C26H26FN3O2S. The predicted octanol–water partition coefficient (Wildman–Crippen LogP) is 4.91. The van der Waals surface area contributed by atoms with Crippen molar-refractivity contribution in [1.82, 2.24) is 5.32 Å². The fourth-order valence-electron chi connectivity index (χ4n) is 4.21. The zero-order valence-electron chi connectivity index (χ0n) is 19.5. The number of likely N-dealkylation sites (N-methyl/N-ethyl adjacent to an activating group) is 1. The molecule has 0 bridgehead atoms. The lowest BCUT2D eigenvalue weighted by atomic mass is 9.88. The smallest absolute Gasteiger partial charge is 0.270 e. The highest BCUT2D eigenvalue weighted by atomic mass is 32.1. The lowest BCUT2D eigenvalue weighted by molar-refractivity contribution is -0.122. The Morgan fingerprint density at radius 2 is 1.76 bits per heavy atom. The second-order valence-corrected chi connectivity index (χ2v) is 9.54. The number of amides is 2. The molecule has 0 aliphatic carbocycles. The molecule has 0 aromatic heterocycles. The number of thiocarbonyl (C=S) groups is 1. The van der Waals surface area contributed by atoms with Crippen molar-refractivity contribution in [2.75, 3.05) is 16.8 Å². The van der Waals surface area contributed by atoms with Crippen LogP contribution in [-0.2, 0) is 9.59 Å². The number of carbonyl (C=O) groups is 2. The predicted molar refractivity (Wildman–Crippen MR) is 135 cm³/mol. The highest BCUT2D eigenvalue weighted by molar-refractivity contribution is 7.80. The van der Waals surface area contributed by atoms with Gasteiger partial charge in [0, 0.05) is 23.9 Å². The Kier molecular flexibility index (Phi) is 5.48. The topological polar surface area (TPSA) is 52.7 Å². The van der Waals surface area contributed by atoms with Crippen molar-refractivity contribution in [3.05, 3.63) is 70.1 Å². The van der Waals surface area contributed by atoms with Gasteiger partial charge in [0.25, 0.3) is 11.8 Å². The number of fused-ring (bicyclic) bond motifs is 1. The van der Waals surface area contributed by atoms with Crippen molar-refractivity contribution in [2.45, 2.75) is 40.2 Å². The molecule has 0 atom stereocenters. The van der Waals surface area contributed by atoms with E-state index in [4.69, 9.17) is 12.2 Å². The van der Waals surface area contributed by atoms with Gasteiger partial charge >= 0.3 is 0 Å². The van der Waals surface area contributed by atoms with Crippen LogP contribution in [-0.4, -0.2) is 29.5 Å². The molecule has 2 aromatic rings. The minimum atomic E-state index is -0.646. The number of anilines is 2. The molecule has 33 heavy (non-hydrogen) atoms. The molecule has 2 aliphatic rings. The molecule has 2 amide bonds. The van der Waals surface area contributed by atoms with E-state index in [1.807, 2.05) is 44.9 Å². The molecule has 2 aromatic carbocycles. The van der Waals surface area contributed by atoms with Crippen LogP contribution in [0.4, 0.5) is 15.8 Å². The van der Waals surface area contributed by atoms with Gasteiger partial charge in [0.1, 0.15) is 11.4 Å². The van der Waals surface area contributed by atoms with Crippen molar-refractivity contribution in [1.29, 1.82) is 0 Å². The van der Waals surface area contributed by atoms with Gasteiger partial charge < -0.3 is 4.90 Å². The van der Waals surface area contributed by atoms with Crippen molar-refractivity contribution < 1.29 is 14.0 Å². The van der Waals surface area contributed by atoms with Gasteiger partial charge in [-0.2, -0.15) is 0 Å². The molecule has 2 aliphatic heterocycles. The summed E-state index contributed by atoms with van der Waals surface area (Å²) >= 11 is 5.27. The number of halogens is 1. The molecule has 0 spiro atoms. The molecule has 7 heteroatoms. The largest absolute Gasteiger partial charge is 0.365 e. The van der Waals surface area contributed by atoms with E-state index < -0.39 is 17.6 Å². The molecule has 4 rings (SSSR count). The summed E-state index contributed by atoms with van der Waals surface area (Å²) in [6, 6.07) is 8.63. The quantitative estimate of drug-likeness (QED) is 0.391. The maximum Gasteiger partial charge on any atom is 0.270 e. The molecular weight excluding hydrogens is 437 g/mol. The van der Waals surface area contributed by atoms with Gasteiger partial charge in [0.2, 0.25) is 0 Å². The maximum absolute atomic E-state index is 15.2. The number of nitrogens with one attached hydrogen (secondary N) is 1. The lowest BCUT2D eigenvalue weighted by Crippen LogP contribution is -2.54. The van der Waals surface area contributed by atoms with E-state index in [0.29, 0.717) is 5.69 Å². The number of rotatable bonds is 2. The lowest BCUT2D eigenvalue weighted by Gasteiger charge is -2.40. The van der Waals surface area contributed by atoms with Crippen LogP contribution >= 0.6 is 12.2 Å². The summed E-state index contributed by atoms with van der Waals surface area (Å²) in [5.41, 5.74) is 4.96. The standard InChI is InChI=1S/C26H26FN3O2S/c1-14-7-8-18(9-15(14)2)30-24(32)20(23(31)28-25(30)33)11-17-10-19-16(3)13-26(4,5)29(6)22(19)12-21(17)27/h7-13H,1-6H3,(H,28,31,33)/b20-11-. The van der Waals surface area contributed by atoms with E-state index >= 15 is 4.39 Å². The number of carbonyl (C=O) groups excluding carboxylic acids is 2. The first-order valence-corrected chi connectivity index (χ1v) is 11.1. The number of nitrogens with zero attached hydrogens (tertiary/aromatic N) is 2. The fraction of sp³-hybridized carbons (Fsp3) is 0.269. The van der Waals surface area contributed by atoms with Gasteiger partial charge in [0.15, 0.2) is 5.11 Å². The van der Waals surface area contributed by atoms with E-state index in [1.165, 1.54) is 17.0 Å². The Morgan fingerprint density at radius 3 is 2.42 bits per heavy atom. The first kappa shape index (κ1) is 22.9. The monoisotopic (exact) mass is 463 g/mol. The number of allylic oxidation sites excluding steroid dienone is 1. The van der Waals surface area contributed by atoms with Crippen molar-refractivity contribution in [2.24, 2.45) is 0 Å². The summed E-state index contributed by atoms with van der Waals surface area (Å²) in [6.07, 6.45) is 3.42. The van der Waals surface area contributed by atoms with E-state index in [-0.39, 0.29) is 21.8 Å². The summed E-state index contributed by atoms with van der Waals surface area (Å²) in [4.78, 5) is 29.3. The van der Waals surface area contributed by atoms with E-state index in [2.05, 4.69) is 25.2 Å². The summed E-state index contributed by atoms with van der Waals surface area (Å²) in [5, 5.41) is 2.56. The van der Waals surface area contributed by atoms with Gasteiger partial charge in [-0.15, -0.1) is 0 Å². The zero-order valence-corrected chi connectivity index (χ0v) is 20.4. The van der Waals surface area contributed by atoms with Crippen LogP contribution in [0.15, 0.2) is 42.0 Å². The van der Waals surface area contributed by atoms with Crippen molar-refractivity contribution in [3.8, 4) is 0 Å². The SMILES string of the molecule is CC1=CC(C)(C)N(C)c2cc(F)c(/C=C3/C(=O)NC(=S)N(c4ccc(C)c(C)c4)C3=O)cc21. The number of aryl methyl sites for hydroxylation is 2. The van der Waals surface area contributed by atoms with Crippen LogP contribution < -0.4 is 15.1 Å². The summed E-state index contributed by atoms with van der Waals surface area (Å²) in [7, 11) is 1.92. The average Bonchev–Trinajstić information content (AvgIpc) is 2.72. The average molecular weight is 464 g/mol. The van der Waals surface area contributed by atoms with Crippen LogP contribution in [0, 0.1) is 19.7 Å². The number of hydrogen-bond acceptors (Lipinski definition) is 4. The summed E-state index contributed by atoms with van der Waals surface area (Å²) in [6.45, 7) is 9.99. The third-order valence-corrected chi connectivity index (χ3v) is 6.77. The highest BCUT2D eigenvalue weighted by Crippen LogP contribution is 2.39. The Morgan fingerprint density at radius 1 is 1.06 bits per heavy atom. The first-order valence-electron chi connectivity index (χ1n) is 10.7. The second-order valence-electron chi connectivity index (χ2n) is 9.16. The zero-order chi connectivity index (χ0) is 24.2. The molecule has 170 valence electrons. The first-order chi connectivity index (χ1) is 15.4. The Bertz CT molecular complexity index is 1290. The van der Waals surface area contributed by atoms with Gasteiger partial charge in [-0.05, 0) is 93.9 Å². The van der Waals surface area contributed by atoms with Crippen LogP contribution in [0.1, 0.15) is 43.0 Å². The van der Waals surface area contributed by atoms with Crippen LogP contribution in [0.5, 0.6) is 0 Å². The summed E-state index contributed by atoms with van der Waals surface area (Å²) < 4.78 is 15.2. The molecule has 1 N–H and O–H groups in total. The number of hydrogen-bond donors (Lipinski definition) is 1. The van der Waals surface area contributed by atoms with E-state index in [0.717, 1.165) is 28.0 Å². The molecule has 2 heterocycles. The summed E-state index contributed by atoms with van der Waals surface area (Å²) in [5.74, 6) is -1.74. The van der Waals surface area contributed by atoms with E-state index in [9.17, 15) is 9.59 Å². The molecule has 5 nitrogen and oxygen atoms in total. The molecule has 1 fully saturated rings.